The van der Waals surface area contributed by atoms with Gasteiger partial charge in [-0.05, 0) is 57.1 Å². The molecule has 0 aliphatic carbocycles. The summed E-state index contributed by atoms with van der Waals surface area (Å²) in [6.07, 6.45) is 14.0. The molecule has 0 N–H and O–H groups in total. The van der Waals surface area contributed by atoms with Gasteiger partial charge in [-0.25, -0.2) is 0 Å². The highest BCUT2D eigenvalue weighted by molar-refractivity contribution is 7.75. The van der Waals surface area contributed by atoms with Gasteiger partial charge in [-0.2, -0.15) is 0 Å². The molecule has 4 aromatic carbocycles. The van der Waals surface area contributed by atoms with Crippen LogP contribution < -0.4 is 0 Å². The van der Waals surface area contributed by atoms with Crippen LogP contribution in [0.25, 0.3) is 32.3 Å². The van der Waals surface area contributed by atoms with Crippen molar-refractivity contribution >= 4 is 39.6 Å². The van der Waals surface area contributed by atoms with E-state index < -0.39 is 7.26 Å². The maximum Gasteiger partial charge on any atom is 0.0848 e. The Morgan fingerprint density at radius 1 is 0.567 bits per heavy atom. The van der Waals surface area contributed by atoms with Crippen molar-refractivity contribution in [3.05, 3.63) is 60.2 Å². The average molecular weight is 418 g/mol. The number of hydrogen-bond acceptors (Lipinski definition) is 0. The third kappa shape index (κ3) is 4.22. The van der Waals surface area contributed by atoms with Crippen LogP contribution in [0.4, 0.5) is 0 Å². The van der Waals surface area contributed by atoms with E-state index in [1.54, 1.807) is 5.56 Å². The number of hydrogen-bond donors (Lipinski definition) is 0. The Morgan fingerprint density at radius 2 is 1.07 bits per heavy atom. The normalized spacial score (nSPS) is 12.5. The van der Waals surface area contributed by atoms with Crippen molar-refractivity contribution in [1.82, 2.24) is 0 Å². The van der Waals surface area contributed by atoms with E-state index in [9.17, 15) is 0 Å². The minimum atomic E-state index is -0.959. The summed E-state index contributed by atoms with van der Waals surface area (Å²) in [6.45, 7) is 7.10. The Balaban J connectivity index is 1.83. The molecule has 0 aliphatic heterocycles. The summed E-state index contributed by atoms with van der Waals surface area (Å²) in [5, 5.41) is 8.65. The third-order valence-electron chi connectivity index (χ3n) is 7.08. The molecule has 0 spiro atoms. The van der Waals surface area contributed by atoms with Gasteiger partial charge >= 0.3 is 0 Å². The summed E-state index contributed by atoms with van der Waals surface area (Å²) < 4.78 is 0. The lowest BCUT2D eigenvalue weighted by Crippen LogP contribution is -2.12. The van der Waals surface area contributed by atoms with Crippen LogP contribution in [0.3, 0.4) is 0 Å². The second kappa shape index (κ2) is 9.65. The van der Waals surface area contributed by atoms with Gasteiger partial charge in [0.15, 0.2) is 0 Å². The zero-order chi connectivity index (χ0) is 21.0. The highest BCUT2D eigenvalue weighted by atomic mass is 31.2. The summed E-state index contributed by atoms with van der Waals surface area (Å²) in [5.74, 6) is 0. The van der Waals surface area contributed by atoms with Crippen molar-refractivity contribution in [2.75, 3.05) is 18.5 Å². The van der Waals surface area contributed by atoms with E-state index in [0.29, 0.717) is 0 Å². The lowest BCUT2D eigenvalue weighted by atomic mass is 9.92. The molecule has 0 bridgehead atoms. The molecule has 4 aromatic rings. The van der Waals surface area contributed by atoms with Gasteiger partial charge in [-0.15, -0.1) is 0 Å². The predicted molar refractivity (Wildman–Crippen MR) is 140 cm³/mol. The molecule has 0 saturated carbocycles. The molecule has 0 aromatic heterocycles. The molecule has 30 heavy (non-hydrogen) atoms. The first-order valence-electron chi connectivity index (χ1n) is 12.2. The molecule has 0 radical (unpaired) electrons. The van der Waals surface area contributed by atoms with E-state index in [0.717, 1.165) is 0 Å². The lowest BCUT2D eigenvalue weighted by molar-refractivity contribution is 0.832. The van der Waals surface area contributed by atoms with E-state index in [1.807, 2.05) is 0 Å². The van der Waals surface area contributed by atoms with Gasteiger partial charge in [0.25, 0.3) is 0 Å². The second-order valence-corrected chi connectivity index (χ2v) is 13.7. The lowest BCUT2D eigenvalue weighted by Gasteiger charge is -2.29. The maximum atomic E-state index is 2.47. The van der Waals surface area contributed by atoms with E-state index in [2.05, 4.69) is 75.4 Å². The van der Waals surface area contributed by atoms with Crippen molar-refractivity contribution in [2.24, 2.45) is 0 Å². The molecular weight excluding hydrogens is 379 g/mol. The largest absolute Gasteiger partial charge is 0.0848 e. The standard InChI is InChI=1S/C29H38P/c1-4-7-19-30(20-8-5-2,21-9-6-3)22-26-16-15-25-14-13-23-11-10-12-24-17-18-27(26)29(25)28(23)24/h10-18H,4-9,19-22H2,1-3H3/q+1. The Hall–Kier alpha value is -1.65. The molecule has 4 rings (SSSR count). The molecule has 0 nitrogen and oxygen atoms in total. The van der Waals surface area contributed by atoms with Gasteiger partial charge in [0.2, 0.25) is 0 Å². The molecule has 0 aliphatic rings. The minimum Gasteiger partial charge on any atom is -0.0652 e. The summed E-state index contributed by atoms with van der Waals surface area (Å²) in [5.41, 5.74) is 1.62. The van der Waals surface area contributed by atoms with Crippen LogP contribution in [0.15, 0.2) is 54.6 Å². The predicted octanol–water partition coefficient (Wildman–Crippen LogP) is 9.50. The topological polar surface area (TPSA) is 0 Å². The Bertz CT molecular complexity index is 1060. The molecule has 1 heteroatoms. The molecule has 0 saturated heterocycles. The van der Waals surface area contributed by atoms with E-state index in [1.165, 1.54) is 95.5 Å². The van der Waals surface area contributed by atoms with Gasteiger partial charge in [0.1, 0.15) is 0 Å². The van der Waals surface area contributed by atoms with Gasteiger partial charge in [0.05, 0.1) is 24.6 Å². The smallest absolute Gasteiger partial charge is 0.0652 e. The molecular formula is C29H38P+. The van der Waals surface area contributed by atoms with E-state index >= 15 is 0 Å². The number of benzene rings is 4. The van der Waals surface area contributed by atoms with Gasteiger partial charge < -0.3 is 0 Å². The fraction of sp³-hybridized carbons (Fsp3) is 0.448. The van der Waals surface area contributed by atoms with Gasteiger partial charge in [-0.3, -0.25) is 0 Å². The van der Waals surface area contributed by atoms with Crippen LogP contribution in [0.2, 0.25) is 0 Å². The molecule has 0 heterocycles. The van der Waals surface area contributed by atoms with Crippen LogP contribution in [0, 0.1) is 0 Å². The van der Waals surface area contributed by atoms with Crippen molar-refractivity contribution in [3.8, 4) is 0 Å². The van der Waals surface area contributed by atoms with E-state index in [4.69, 9.17) is 0 Å². The molecule has 0 amide bonds. The van der Waals surface area contributed by atoms with Crippen LogP contribution in [-0.2, 0) is 6.16 Å². The summed E-state index contributed by atoms with van der Waals surface area (Å²) in [4.78, 5) is 0. The summed E-state index contributed by atoms with van der Waals surface area (Å²) >= 11 is 0. The van der Waals surface area contributed by atoms with Crippen molar-refractivity contribution < 1.29 is 0 Å². The molecule has 158 valence electrons. The van der Waals surface area contributed by atoms with Crippen molar-refractivity contribution in [2.45, 2.75) is 65.5 Å². The van der Waals surface area contributed by atoms with Crippen molar-refractivity contribution in [1.29, 1.82) is 0 Å². The minimum absolute atomic E-state index is 0.959. The molecule has 0 atom stereocenters. The fourth-order valence-electron chi connectivity index (χ4n) is 5.35. The number of unbranched alkanes of at least 4 members (excludes halogenated alkanes) is 3. The first-order valence-corrected chi connectivity index (χ1v) is 14.7. The first-order chi connectivity index (χ1) is 14.7. The Labute approximate surface area is 183 Å². The quantitative estimate of drug-likeness (QED) is 0.168. The highest BCUT2D eigenvalue weighted by Gasteiger charge is 2.36. The summed E-state index contributed by atoms with van der Waals surface area (Å²) in [7, 11) is -0.959. The Morgan fingerprint density at radius 3 is 1.63 bits per heavy atom. The zero-order valence-electron chi connectivity index (χ0n) is 19.2. The SMILES string of the molecule is CCCC[P+](CCCC)(CCCC)Cc1ccc2ccc3cccc4ccc1c2c34. The number of rotatable bonds is 11. The van der Waals surface area contributed by atoms with Crippen molar-refractivity contribution in [3.63, 3.8) is 0 Å². The maximum absolute atomic E-state index is 2.47. The highest BCUT2D eigenvalue weighted by Crippen LogP contribution is 2.63. The third-order valence-corrected chi connectivity index (χ3v) is 11.9. The van der Waals surface area contributed by atoms with Crippen LogP contribution >= 0.6 is 7.26 Å². The fourth-order valence-corrected chi connectivity index (χ4v) is 10.5. The monoisotopic (exact) mass is 417 g/mol. The zero-order valence-corrected chi connectivity index (χ0v) is 20.1. The summed E-state index contributed by atoms with van der Waals surface area (Å²) in [6, 6.07) is 21.0. The second-order valence-electron chi connectivity index (χ2n) is 9.31. The first kappa shape index (κ1) is 21.6. The van der Waals surface area contributed by atoms with E-state index in [-0.39, 0.29) is 0 Å². The van der Waals surface area contributed by atoms with Crippen LogP contribution in [-0.4, -0.2) is 18.5 Å². The van der Waals surface area contributed by atoms with Crippen LogP contribution in [0.1, 0.15) is 64.9 Å². The average Bonchev–Trinajstić information content (AvgIpc) is 2.79. The van der Waals surface area contributed by atoms with Crippen LogP contribution in [0.5, 0.6) is 0 Å². The van der Waals surface area contributed by atoms with Gasteiger partial charge in [0, 0.05) is 7.26 Å². The Kier molecular flexibility index (Phi) is 6.94. The molecule has 0 unspecified atom stereocenters. The molecule has 0 fully saturated rings. The van der Waals surface area contributed by atoms with Gasteiger partial charge in [-0.1, -0.05) is 94.6 Å².